The van der Waals surface area contributed by atoms with E-state index in [0.717, 1.165) is 32.8 Å². The molecule has 32 heavy (non-hydrogen) atoms. The quantitative estimate of drug-likeness (QED) is 0.253. The highest BCUT2D eigenvalue weighted by molar-refractivity contribution is 7.80. The van der Waals surface area contributed by atoms with Crippen molar-refractivity contribution in [3.8, 4) is 17.2 Å². The minimum absolute atomic E-state index is 0.130. The monoisotopic (exact) mass is 459 g/mol. The third-order valence-corrected chi connectivity index (χ3v) is 4.90. The number of methoxy groups -OCH3 is 1. The maximum absolute atomic E-state index is 11.5. The van der Waals surface area contributed by atoms with Gasteiger partial charge in [-0.1, -0.05) is 0 Å². The third kappa shape index (κ3) is 7.15. The van der Waals surface area contributed by atoms with E-state index in [2.05, 4.69) is 20.7 Å². The van der Waals surface area contributed by atoms with Gasteiger partial charge in [0.15, 0.2) is 5.11 Å². The van der Waals surface area contributed by atoms with Crippen LogP contribution in [0.15, 0.2) is 47.6 Å². The Morgan fingerprint density at radius 1 is 1.25 bits per heavy atom. The van der Waals surface area contributed by atoms with E-state index in [1.807, 2.05) is 0 Å². The number of hydrogen-bond acceptors (Lipinski definition) is 8. The summed E-state index contributed by atoms with van der Waals surface area (Å²) in [4.78, 5) is 13.3. The maximum atomic E-state index is 11.5. The predicted molar refractivity (Wildman–Crippen MR) is 125 cm³/mol. The second-order valence-corrected chi connectivity index (χ2v) is 7.25. The van der Waals surface area contributed by atoms with Gasteiger partial charge in [0.25, 0.3) is 0 Å². The van der Waals surface area contributed by atoms with Gasteiger partial charge in [-0.2, -0.15) is 5.10 Å². The topological polar surface area (TPSA) is 110 Å². The number of nitro groups is 1. The van der Waals surface area contributed by atoms with Crippen LogP contribution in [0, 0.1) is 10.1 Å². The molecule has 0 spiro atoms. The van der Waals surface area contributed by atoms with Gasteiger partial charge in [-0.3, -0.25) is 20.4 Å². The van der Waals surface area contributed by atoms with Crippen LogP contribution in [-0.4, -0.2) is 67.7 Å². The fourth-order valence-electron chi connectivity index (χ4n) is 2.97. The first-order valence-corrected chi connectivity index (χ1v) is 10.4. The summed E-state index contributed by atoms with van der Waals surface area (Å²) in [7, 11) is 1.56. The molecule has 0 saturated carbocycles. The van der Waals surface area contributed by atoms with Crippen LogP contribution in [0.3, 0.4) is 0 Å². The van der Waals surface area contributed by atoms with Crippen LogP contribution in [0.4, 0.5) is 5.69 Å². The van der Waals surface area contributed by atoms with E-state index in [9.17, 15) is 10.1 Å². The van der Waals surface area contributed by atoms with Crippen molar-refractivity contribution in [3.05, 3.63) is 58.1 Å². The van der Waals surface area contributed by atoms with Gasteiger partial charge in [0.1, 0.15) is 11.5 Å². The van der Waals surface area contributed by atoms with Gasteiger partial charge < -0.3 is 19.5 Å². The van der Waals surface area contributed by atoms with Crippen LogP contribution < -0.4 is 20.2 Å². The number of hydrogen-bond donors (Lipinski definition) is 2. The van der Waals surface area contributed by atoms with Gasteiger partial charge in [0.2, 0.25) is 5.75 Å². The average Bonchev–Trinajstić information content (AvgIpc) is 2.81. The Morgan fingerprint density at radius 2 is 1.97 bits per heavy atom. The summed E-state index contributed by atoms with van der Waals surface area (Å²) < 4.78 is 16.1. The zero-order chi connectivity index (χ0) is 22.8. The summed E-state index contributed by atoms with van der Waals surface area (Å²) in [6, 6.07) is 11.4. The summed E-state index contributed by atoms with van der Waals surface area (Å²) in [5.41, 5.74) is 3.08. The predicted octanol–water partition coefficient (Wildman–Crippen LogP) is 2.53. The number of nitro benzene ring substituents is 1. The van der Waals surface area contributed by atoms with Crippen molar-refractivity contribution in [2.75, 3.05) is 46.5 Å². The SMILES string of the molecule is COc1ccc(Oc2ccc(C=NNC(=S)NCCN3CCOCC3)cc2[N+](=O)[O-])cc1. The average molecular weight is 460 g/mol. The van der Waals surface area contributed by atoms with Gasteiger partial charge in [0.05, 0.1) is 31.5 Å². The van der Waals surface area contributed by atoms with Gasteiger partial charge in [-0.25, -0.2) is 0 Å². The molecule has 0 amide bonds. The van der Waals surface area contributed by atoms with Gasteiger partial charge in [0, 0.05) is 37.8 Å². The second-order valence-electron chi connectivity index (χ2n) is 6.84. The lowest BCUT2D eigenvalue weighted by molar-refractivity contribution is -0.385. The highest BCUT2D eigenvalue weighted by Crippen LogP contribution is 2.32. The fraction of sp³-hybridized carbons (Fsp3) is 0.333. The normalized spacial score (nSPS) is 14.2. The van der Waals surface area contributed by atoms with Gasteiger partial charge >= 0.3 is 5.69 Å². The summed E-state index contributed by atoms with van der Waals surface area (Å²) in [6.45, 7) is 4.88. The summed E-state index contributed by atoms with van der Waals surface area (Å²) in [6.07, 6.45) is 1.46. The molecule has 1 saturated heterocycles. The molecule has 2 aromatic carbocycles. The van der Waals surface area contributed by atoms with Crippen LogP contribution in [-0.2, 0) is 4.74 Å². The number of hydrazone groups is 1. The lowest BCUT2D eigenvalue weighted by atomic mass is 10.2. The van der Waals surface area contributed by atoms with E-state index in [4.69, 9.17) is 26.4 Å². The molecule has 0 aromatic heterocycles. The summed E-state index contributed by atoms with van der Waals surface area (Å²) in [5, 5.41) is 19.0. The van der Waals surface area contributed by atoms with Crippen molar-refractivity contribution in [2.45, 2.75) is 0 Å². The van der Waals surface area contributed by atoms with Gasteiger partial charge in [-0.05, 0) is 48.6 Å². The van der Waals surface area contributed by atoms with Crippen molar-refractivity contribution >= 4 is 29.2 Å². The Bertz CT molecular complexity index is 948. The molecule has 0 aliphatic carbocycles. The van der Waals surface area contributed by atoms with Crippen molar-refractivity contribution in [2.24, 2.45) is 5.10 Å². The Hall–Kier alpha value is -3.28. The number of nitrogens with zero attached hydrogens (tertiary/aromatic N) is 3. The van der Waals surface area contributed by atoms with Crippen LogP contribution in [0.5, 0.6) is 17.2 Å². The minimum atomic E-state index is -0.499. The van der Waals surface area contributed by atoms with E-state index < -0.39 is 4.92 Å². The first-order chi connectivity index (χ1) is 15.5. The van der Waals surface area contributed by atoms with Crippen molar-refractivity contribution in [3.63, 3.8) is 0 Å². The largest absolute Gasteiger partial charge is 0.497 e. The molecule has 0 radical (unpaired) electrons. The second kappa shape index (κ2) is 11.9. The van der Waals surface area contributed by atoms with E-state index in [1.54, 1.807) is 37.4 Å². The van der Waals surface area contributed by atoms with E-state index >= 15 is 0 Å². The minimum Gasteiger partial charge on any atom is -0.497 e. The lowest BCUT2D eigenvalue weighted by Crippen LogP contribution is -2.42. The van der Waals surface area contributed by atoms with Crippen molar-refractivity contribution < 1.29 is 19.1 Å². The van der Waals surface area contributed by atoms with E-state index in [1.165, 1.54) is 18.3 Å². The van der Waals surface area contributed by atoms with Crippen LogP contribution >= 0.6 is 12.2 Å². The molecule has 0 unspecified atom stereocenters. The molecule has 1 fully saturated rings. The Morgan fingerprint density at radius 3 is 2.66 bits per heavy atom. The molecule has 1 aliphatic rings. The molecular weight excluding hydrogens is 434 g/mol. The first kappa shape index (κ1) is 23.4. The standard InChI is InChI=1S/C21H25N5O5S/c1-29-17-3-5-18(6-4-17)31-20-7-2-16(14-19(20)26(27)28)15-23-24-21(32)22-8-9-25-10-12-30-13-11-25/h2-7,14-15H,8-13H2,1H3,(H2,22,24,32). The van der Waals surface area contributed by atoms with Crippen LogP contribution in [0.2, 0.25) is 0 Å². The first-order valence-electron chi connectivity index (χ1n) is 10.0. The molecule has 0 atom stereocenters. The number of thiocarbonyl (C=S) groups is 1. The number of rotatable bonds is 9. The molecule has 11 heteroatoms. The molecule has 10 nitrogen and oxygen atoms in total. The summed E-state index contributed by atoms with van der Waals surface area (Å²) in [5.74, 6) is 1.26. The lowest BCUT2D eigenvalue weighted by Gasteiger charge is -2.26. The maximum Gasteiger partial charge on any atom is 0.312 e. The zero-order valence-electron chi connectivity index (χ0n) is 17.7. The highest BCUT2D eigenvalue weighted by Gasteiger charge is 2.16. The number of ether oxygens (including phenoxy) is 3. The zero-order valence-corrected chi connectivity index (χ0v) is 18.5. The molecule has 3 rings (SSSR count). The molecule has 1 aliphatic heterocycles. The number of nitrogens with one attached hydrogen (secondary N) is 2. The number of benzene rings is 2. The van der Waals surface area contributed by atoms with Crippen molar-refractivity contribution in [1.82, 2.24) is 15.6 Å². The molecule has 1 heterocycles. The van der Waals surface area contributed by atoms with Gasteiger partial charge in [-0.15, -0.1) is 0 Å². The molecule has 170 valence electrons. The third-order valence-electron chi connectivity index (χ3n) is 4.66. The summed E-state index contributed by atoms with van der Waals surface area (Å²) >= 11 is 5.20. The molecular formula is C21H25N5O5S. The molecule has 2 N–H and O–H groups in total. The Labute approximate surface area is 191 Å². The van der Waals surface area contributed by atoms with E-state index in [0.29, 0.717) is 28.7 Å². The Balaban J connectivity index is 1.53. The Kier molecular flexibility index (Phi) is 8.72. The van der Waals surface area contributed by atoms with Crippen LogP contribution in [0.25, 0.3) is 0 Å². The molecule has 0 bridgehead atoms. The molecule has 2 aromatic rings. The smallest absolute Gasteiger partial charge is 0.312 e. The fourth-order valence-corrected chi connectivity index (χ4v) is 3.13. The van der Waals surface area contributed by atoms with E-state index in [-0.39, 0.29) is 11.4 Å². The highest BCUT2D eigenvalue weighted by atomic mass is 32.1. The van der Waals surface area contributed by atoms with Crippen LogP contribution in [0.1, 0.15) is 5.56 Å². The van der Waals surface area contributed by atoms with Crippen molar-refractivity contribution in [1.29, 1.82) is 0 Å². The number of morpholine rings is 1.